The smallest absolute Gasteiger partial charge is 0.00682 e. The quantitative estimate of drug-likeness (QED) is 0.534. The van der Waals surface area contributed by atoms with Crippen LogP contribution in [0.15, 0.2) is 0 Å². The molecule has 0 saturated heterocycles. The minimum atomic E-state index is 0.877. The Morgan fingerprint density at radius 1 is 1.30 bits per heavy atom. The summed E-state index contributed by atoms with van der Waals surface area (Å²) in [6.45, 7) is 5.60. The van der Waals surface area contributed by atoms with Gasteiger partial charge in [0.2, 0.25) is 0 Å². The summed E-state index contributed by atoms with van der Waals surface area (Å²) in [6.07, 6.45) is 4.08. The van der Waals surface area contributed by atoms with Crippen molar-refractivity contribution < 1.29 is 0 Å². The molecule has 2 N–H and O–H groups in total. The third-order valence-electron chi connectivity index (χ3n) is 1.79. The van der Waals surface area contributed by atoms with Crippen LogP contribution >= 0.6 is 0 Å². The van der Waals surface area contributed by atoms with E-state index in [1.165, 1.54) is 25.8 Å². The Balaban J connectivity index is 1.68. The molecule has 0 atom stereocenters. The van der Waals surface area contributed by atoms with Crippen LogP contribution in [0.25, 0.3) is 0 Å². The first-order chi connectivity index (χ1) is 4.93. The second-order valence-corrected chi connectivity index (χ2v) is 2.94. The molecule has 1 fully saturated rings. The average molecular weight is 142 g/mol. The third-order valence-corrected chi connectivity index (χ3v) is 1.79. The van der Waals surface area contributed by atoms with Crippen LogP contribution in [-0.4, -0.2) is 25.7 Å². The molecule has 0 aromatic rings. The van der Waals surface area contributed by atoms with Crippen LogP contribution in [0.3, 0.4) is 0 Å². The molecule has 0 spiro atoms. The highest BCUT2D eigenvalue weighted by Gasteiger charge is 2.19. The zero-order chi connectivity index (χ0) is 7.23. The second-order valence-electron chi connectivity index (χ2n) is 2.94. The van der Waals surface area contributed by atoms with Gasteiger partial charge in [0.05, 0.1) is 0 Å². The van der Waals surface area contributed by atoms with E-state index in [9.17, 15) is 0 Å². The lowest BCUT2D eigenvalue weighted by atomic mass is 10.4. The summed E-state index contributed by atoms with van der Waals surface area (Å²) in [5, 5.41) is 6.78. The van der Waals surface area contributed by atoms with E-state index >= 15 is 0 Å². The van der Waals surface area contributed by atoms with Gasteiger partial charge in [0.25, 0.3) is 0 Å². The predicted octanol–water partition coefficient (Wildman–Crippen LogP) is 0.738. The van der Waals surface area contributed by atoms with Crippen molar-refractivity contribution in [2.45, 2.75) is 32.2 Å². The Kier molecular flexibility index (Phi) is 3.76. The van der Waals surface area contributed by atoms with Crippen LogP contribution in [0, 0.1) is 0 Å². The van der Waals surface area contributed by atoms with E-state index in [1.54, 1.807) is 0 Å². The first kappa shape index (κ1) is 8.02. The normalized spacial score (nSPS) is 17.7. The van der Waals surface area contributed by atoms with Gasteiger partial charge in [-0.15, -0.1) is 0 Å². The molecule has 60 valence electrons. The molecule has 0 radical (unpaired) electrons. The van der Waals surface area contributed by atoms with Gasteiger partial charge in [0.1, 0.15) is 0 Å². The van der Waals surface area contributed by atoms with Crippen molar-refractivity contribution in [1.82, 2.24) is 10.6 Å². The van der Waals surface area contributed by atoms with E-state index in [-0.39, 0.29) is 0 Å². The fourth-order valence-corrected chi connectivity index (χ4v) is 0.984. The molecule has 0 aromatic carbocycles. The minimum Gasteiger partial charge on any atom is -0.317 e. The molecule has 10 heavy (non-hydrogen) atoms. The SMILES string of the molecule is CCNCCCNC1CC1. The highest BCUT2D eigenvalue weighted by atomic mass is 14.9. The number of hydrogen-bond donors (Lipinski definition) is 2. The van der Waals surface area contributed by atoms with Crippen LogP contribution in [0.2, 0.25) is 0 Å². The first-order valence-corrected chi connectivity index (χ1v) is 4.37. The number of rotatable bonds is 6. The van der Waals surface area contributed by atoms with E-state index in [0.29, 0.717) is 0 Å². The Hall–Kier alpha value is -0.0800. The zero-order valence-corrected chi connectivity index (χ0v) is 6.82. The van der Waals surface area contributed by atoms with Crippen LogP contribution in [0.5, 0.6) is 0 Å². The summed E-state index contributed by atoms with van der Waals surface area (Å²) in [4.78, 5) is 0. The van der Waals surface area contributed by atoms with Gasteiger partial charge >= 0.3 is 0 Å². The maximum atomic E-state index is 3.48. The van der Waals surface area contributed by atoms with Gasteiger partial charge in [-0.25, -0.2) is 0 Å². The van der Waals surface area contributed by atoms with E-state index in [0.717, 1.165) is 19.1 Å². The molecule has 0 bridgehead atoms. The topological polar surface area (TPSA) is 24.1 Å². The van der Waals surface area contributed by atoms with Crippen molar-refractivity contribution in [1.29, 1.82) is 0 Å². The van der Waals surface area contributed by atoms with E-state index in [2.05, 4.69) is 17.6 Å². The Morgan fingerprint density at radius 2 is 2.10 bits per heavy atom. The highest BCUT2D eigenvalue weighted by molar-refractivity contribution is 4.80. The Bertz CT molecular complexity index is 79.3. The van der Waals surface area contributed by atoms with Gasteiger partial charge in [-0.1, -0.05) is 6.92 Å². The molecule has 1 aliphatic rings. The van der Waals surface area contributed by atoms with Gasteiger partial charge < -0.3 is 10.6 Å². The van der Waals surface area contributed by atoms with Crippen molar-refractivity contribution in [3.05, 3.63) is 0 Å². The molecule has 1 aliphatic carbocycles. The molecule has 0 aromatic heterocycles. The Labute approximate surface area is 63.4 Å². The fourth-order valence-electron chi connectivity index (χ4n) is 0.984. The van der Waals surface area contributed by atoms with Crippen molar-refractivity contribution in [2.75, 3.05) is 19.6 Å². The predicted molar refractivity (Wildman–Crippen MR) is 44.2 cm³/mol. The van der Waals surface area contributed by atoms with Crippen LogP contribution in [0.1, 0.15) is 26.2 Å². The molecule has 0 heterocycles. The highest BCUT2D eigenvalue weighted by Crippen LogP contribution is 2.17. The molecule has 0 unspecified atom stereocenters. The van der Waals surface area contributed by atoms with Crippen molar-refractivity contribution in [3.63, 3.8) is 0 Å². The average Bonchev–Trinajstić information content (AvgIpc) is 2.71. The molecular weight excluding hydrogens is 124 g/mol. The third kappa shape index (κ3) is 3.85. The summed E-state index contributed by atoms with van der Waals surface area (Å²) in [6, 6.07) is 0.877. The first-order valence-electron chi connectivity index (χ1n) is 4.37. The van der Waals surface area contributed by atoms with E-state index < -0.39 is 0 Å². The van der Waals surface area contributed by atoms with E-state index in [1.807, 2.05) is 0 Å². The monoisotopic (exact) mass is 142 g/mol. The maximum absolute atomic E-state index is 3.48. The molecule has 1 rings (SSSR count). The molecular formula is C8H18N2. The molecule has 2 heteroatoms. The molecule has 2 nitrogen and oxygen atoms in total. The summed E-state index contributed by atoms with van der Waals surface area (Å²) in [7, 11) is 0. The minimum absolute atomic E-state index is 0.877. The van der Waals surface area contributed by atoms with Gasteiger partial charge in [-0.3, -0.25) is 0 Å². The van der Waals surface area contributed by atoms with Crippen LogP contribution < -0.4 is 10.6 Å². The van der Waals surface area contributed by atoms with Gasteiger partial charge in [-0.05, 0) is 38.9 Å². The number of nitrogens with one attached hydrogen (secondary N) is 2. The molecule has 1 saturated carbocycles. The lowest BCUT2D eigenvalue weighted by Crippen LogP contribution is -2.22. The fraction of sp³-hybridized carbons (Fsp3) is 1.00. The Morgan fingerprint density at radius 3 is 2.70 bits per heavy atom. The lowest BCUT2D eigenvalue weighted by Gasteiger charge is -2.01. The zero-order valence-electron chi connectivity index (χ0n) is 6.82. The molecule has 0 amide bonds. The molecule has 0 aliphatic heterocycles. The van der Waals surface area contributed by atoms with Crippen molar-refractivity contribution >= 4 is 0 Å². The van der Waals surface area contributed by atoms with Crippen LogP contribution in [-0.2, 0) is 0 Å². The summed E-state index contributed by atoms with van der Waals surface area (Å²) < 4.78 is 0. The lowest BCUT2D eigenvalue weighted by molar-refractivity contribution is 0.604. The van der Waals surface area contributed by atoms with E-state index in [4.69, 9.17) is 0 Å². The largest absolute Gasteiger partial charge is 0.317 e. The number of hydrogen-bond acceptors (Lipinski definition) is 2. The summed E-state index contributed by atoms with van der Waals surface area (Å²) >= 11 is 0. The van der Waals surface area contributed by atoms with Gasteiger partial charge in [0, 0.05) is 6.04 Å². The van der Waals surface area contributed by atoms with Crippen molar-refractivity contribution in [3.8, 4) is 0 Å². The summed E-state index contributed by atoms with van der Waals surface area (Å²) in [5.41, 5.74) is 0. The standard InChI is InChI=1S/C8H18N2/c1-2-9-6-3-7-10-8-4-5-8/h8-10H,2-7H2,1H3. The second kappa shape index (κ2) is 4.69. The summed E-state index contributed by atoms with van der Waals surface area (Å²) in [5.74, 6) is 0. The van der Waals surface area contributed by atoms with Crippen molar-refractivity contribution in [2.24, 2.45) is 0 Å². The van der Waals surface area contributed by atoms with Gasteiger partial charge in [0.15, 0.2) is 0 Å². The van der Waals surface area contributed by atoms with Gasteiger partial charge in [-0.2, -0.15) is 0 Å². The van der Waals surface area contributed by atoms with Crippen LogP contribution in [0.4, 0.5) is 0 Å². The maximum Gasteiger partial charge on any atom is 0.00682 e.